The van der Waals surface area contributed by atoms with Gasteiger partial charge in [0.25, 0.3) is 0 Å². The van der Waals surface area contributed by atoms with E-state index in [1.165, 1.54) is 6.07 Å². The molecule has 3 atom stereocenters. The van der Waals surface area contributed by atoms with Crippen LogP contribution in [0, 0.1) is 0 Å². The molecule has 18 heavy (non-hydrogen) atoms. The third-order valence-electron chi connectivity index (χ3n) is 2.70. The Kier molecular flexibility index (Phi) is 4.86. The summed E-state index contributed by atoms with van der Waals surface area (Å²) in [7, 11) is -1.43. The van der Waals surface area contributed by atoms with E-state index in [1.54, 1.807) is 6.92 Å². The van der Waals surface area contributed by atoms with Crippen molar-refractivity contribution in [3.05, 3.63) is 29.6 Å². The maximum Gasteiger partial charge on any atom is 0.417 e. The van der Waals surface area contributed by atoms with Crippen molar-refractivity contribution in [2.24, 2.45) is 5.14 Å². The average molecular weight is 280 g/mol. The molecule has 3 nitrogen and oxygen atoms in total. The largest absolute Gasteiger partial charge is 0.417 e. The molecule has 7 heteroatoms. The van der Waals surface area contributed by atoms with Crippen molar-refractivity contribution in [2.75, 3.05) is 0 Å². The standard InChI is InChI=1S/C11H15F3N2OS/c1-7(5-8(2)18(15)17)10-4-3-9(6-16-10)11(12,13)14/h3-4,6-8H,5,15H2,1-2H3/t7-,8?,18?/m1/s1. The lowest BCUT2D eigenvalue weighted by Crippen LogP contribution is -2.20. The van der Waals surface area contributed by atoms with E-state index in [4.69, 9.17) is 5.14 Å². The number of hydrogen-bond acceptors (Lipinski definition) is 2. The van der Waals surface area contributed by atoms with Crippen LogP contribution in [0.15, 0.2) is 18.3 Å². The van der Waals surface area contributed by atoms with E-state index in [2.05, 4.69) is 4.98 Å². The van der Waals surface area contributed by atoms with Gasteiger partial charge in [0.15, 0.2) is 0 Å². The van der Waals surface area contributed by atoms with Crippen molar-refractivity contribution < 1.29 is 17.4 Å². The highest BCUT2D eigenvalue weighted by Gasteiger charge is 2.30. The molecule has 2 N–H and O–H groups in total. The molecule has 0 saturated carbocycles. The fraction of sp³-hybridized carbons (Fsp3) is 0.545. The second kappa shape index (κ2) is 5.79. The molecule has 2 unspecified atom stereocenters. The summed E-state index contributed by atoms with van der Waals surface area (Å²) in [6.45, 7) is 3.55. The highest BCUT2D eigenvalue weighted by atomic mass is 32.2. The molecule has 1 rings (SSSR count). The minimum Gasteiger partial charge on any atom is -0.260 e. The average Bonchev–Trinajstić information content (AvgIpc) is 2.27. The first-order valence-corrected chi connectivity index (χ1v) is 6.67. The van der Waals surface area contributed by atoms with Gasteiger partial charge in [0.05, 0.1) is 16.5 Å². The summed E-state index contributed by atoms with van der Waals surface area (Å²) in [6, 6.07) is 2.35. The smallest absolute Gasteiger partial charge is 0.260 e. The molecule has 0 fully saturated rings. The van der Waals surface area contributed by atoms with Crippen molar-refractivity contribution in [3.63, 3.8) is 0 Å². The SMILES string of the molecule is CC(C[C@@H](C)c1ccc(C(F)(F)F)cn1)S(N)=O. The van der Waals surface area contributed by atoms with Crippen LogP contribution < -0.4 is 5.14 Å². The van der Waals surface area contributed by atoms with Crippen LogP contribution in [0.2, 0.25) is 0 Å². The van der Waals surface area contributed by atoms with Gasteiger partial charge >= 0.3 is 6.18 Å². The normalized spacial score (nSPS) is 17.2. The van der Waals surface area contributed by atoms with Crippen LogP contribution in [-0.4, -0.2) is 14.4 Å². The van der Waals surface area contributed by atoms with Crippen LogP contribution >= 0.6 is 0 Å². The van der Waals surface area contributed by atoms with Gasteiger partial charge in [-0.1, -0.05) is 6.92 Å². The number of hydrogen-bond donors (Lipinski definition) is 1. The minimum atomic E-state index is -4.37. The predicted octanol–water partition coefficient (Wildman–Crippen LogP) is 2.60. The Morgan fingerprint density at radius 2 is 2.00 bits per heavy atom. The Labute approximate surface area is 106 Å². The molecule has 0 aliphatic heterocycles. The van der Waals surface area contributed by atoms with Crippen LogP contribution in [0.5, 0.6) is 0 Å². The zero-order valence-corrected chi connectivity index (χ0v) is 10.9. The second-order valence-corrected chi connectivity index (χ2v) is 5.71. The van der Waals surface area contributed by atoms with E-state index < -0.39 is 22.7 Å². The van der Waals surface area contributed by atoms with E-state index in [0.29, 0.717) is 12.1 Å². The Morgan fingerprint density at radius 1 is 1.39 bits per heavy atom. The van der Waals surface area contributed by atoms with E-state index in [0.717, 1.165) is 12.3 Å². The number of halogens is 3. The first-order chi connectivity index (χ1) is 8.21. The molecule has 0 aliphatic carbocycles. The van der Waals surface area contributed by atoms with Gasteiger partial charge in [-0.15, -0.1) is 0 Å². The lowest BCUT2D eigenvalue weighted by molar-refractivity contribution is -0.137. The molecular formula is C11H15F3N2OS. The lowest BCUT2D eigenvalue weighted by atomic mass is 10.0. The number of nitrogens with zero attached hydrogens (tertiary/aromatic N) is 1. The van der Waals surface area contributed by atoms with Gasteiger partial charge in [-0.05, 0) is 31.4 Å². The molecule has 0 aliphatic rings. The van der Waals surface area contributed by atoms with Crippen molar-refractivity contribution >= 4 is 11.0 Å². The highest BCUT2D eigenvalue weighted by molar-refractivity contribution is 7.83. The molecule has 0 saturated heterocycles. The first-order valence-electron chi connectivity index (χ1n) is 5.40. The van der Waals surface area contributed by atoms with Crippen LogP contribution in [0.25, 0.3) is 0 Å². The summed E-state index contributed by atoms with van der Waals surface area (Å²) >= 11 is 0. The Balaban J connectivity index is 2.76. The van der Waals surface area contributed by atoms with E-state index in [1.807, 2.05) is 6.92 Å². The Hall–Kier alpha value is -0.950. The number of rotatable bonds is 4. The topological polar surface area (TPSA) is 56.0 Å². The molecule has 0 bridgehead atoms. The summed E-state index contributed by atoms with van der Waals surface area (Å²) in [6.07, 6.45) is -3.04. The van der Waals surface area contributed by atoms with Gasteiger partial charge in [0, 0.05) is 17.1 Å². The molecule has 102 valence electrons. The van der Waals surface area contributed by atoms with Crippen LogP contribution in [0.1, 0.15) is 37.4 Å². The summed E-state index contributed by atoms with van der Waals surface area (Å²) in [5, 5.41) is 5.03. The highest BCUT2D eigenvalue weighted by Crippen LogP contribution is 2.29. The zero-order valence-electron chi connectivity index (χ0n) is 10.1. The van der Waals surface area contributed by atoms with Crippen molar-refractivity contribution in [3.8, 4) is 0 Å². The second-order valence-electron chi connectivity index (χ2n) is 4.25. The van der Waals surface area contributed by atoms with Gasteiger partial charge in [-0.3, -0.25) is 10.1 Å². The summed E-state index contributed by atoms with van der Waals surface area (Å²) in [5.74, 6) is -0.0882. The Morgan fingerprint density at radius 3 is 2.39 bits per heavy atom. The van der Waals surface area contributed by atoms with Gasteiger partial charge < -0.3 is 0 Å². The van der Waals surface area contributed by atoms with E-state index in [9.17, 15) is 17.4 Å². The number of nitrogens with two attached hydrogens (primary N) is 1. The van der Waals surface area contributed by atoms with Crippen LogP contribution in [-0.2, 0) is 17.2 Å². The maximum atomic E-state index is 12.3. The molecule has 0 aromatic carbocycles. The van der Waals surface area contributed by atoms with Gasteiger partial charge in [0.1, 0.15) is 0 Å². The van der Waals surface area contributed by atoms with Gasteiger partial charge in [-0.2, -0.15) is 13.2 Å². The minimum absolute atomic E-state index is 0.0882. The molecule has 1 aromatic rings. The third kappa shape index (κ3) is 4.06. The van der Waals surface area contributed by atoms with Gasteiger partial charge in [-0.25, -0.2) is 4.21 Å². The number of pyridine rings is 1. The van der Waals surface area contributed by atoms with Crippen LogP contribution in [0.4, 0.5) is 13.2 Å². The summed E-state index contributed by atoms with van der Waals surface area (Å²) in [4.78, 5) is 3.80. The first kappa shape index (κ1) is 15.1. The van der Waals surface area contributed by atoms with Crippen molar-refractivity contribution in [2.45, 2.75) is 37.6 Å². The fourth-order valence-corrected chi connectivity index (χ4v) is 2.06. The predicted molar refractivity (Wildman–Crippen MR) is 64.1 cm³/mol. The fourth-order valence-electron chi connectivity index (χ4n) is 1.58. The van der Waals surface area contributed by atoms with Gasteiger partial charge in [0.2, 0.25) is 0 Å². The molecule has 0 amide bonds. The van der Waals surface area contributed by atoms with E-state index in [-0.39, 0.29) is 11.2 Å². The maximum absolute atomic E-state index is 12.3. The Bertz CT molecular complexity index is 419. The van der Waals surface area contributed by atoms with Crippen molar-refractivity contribution in [1.82, 2.24) is 4.98 Å². The summed E-state index contributed by atoms with van der Waals surface area (Å²) in [5.41, 5.74) is -0.228. The van der Waals surface area contributed by atoms with Crippen molar-refractivity contribution in [1.29, 1.82) is 0 Å². The molecule has 1 aromatic heterocycles. The van der Waals surface area contributed by atoms with E-state index >= 15 is 0 Å². The molecule has 0 radical (unpaired) electrons. The lowest BCUT2D eigenvalue weighted by Gasteiger charge is -2.15. The molecular weight excluding hydrogens is 265 g/mol. The van der Waals surface area contributed by atoms with Crippen LogP contribution in [0.3, 0.4) is 0 Å². The third-order valence-corrected chi connectivity index (χ3v) is 3.69. The quantitative estimate of drug-likeness (QED) is 0.921. The molecule has 1 heterocycles. The zero-order chi connectivity index (χ0) is 13.9. The monoisotopic (exact) mass is 280 g/mol. The molecule has 0 spiro atoms. The summed E-state index contributed by atoms with van der Waals surface area (Å²) < 4.78 is 48.0. The number of alkyl halides is 3. The number of aromatic nitrogens is 1.